The minimum atomic E-state index is -0.452. The van der Waals surface area contributed by atoms with Gasteiger partial charge in [0.1, 0.15) is 6.42 Å². The van der Waals surface area contributed by atoms with Crippen LogP contribution in [0.3, 0.4) is 0 Å². The fourth-order valence-corrected chi connectivity index (χ4v) is 0.554. The summed E-state index contributed by atoms with van der Waals surface area (Å²) in [5.41, 5.74) is -0.452. The van der Waals surface area contributed by atoms with E-state index in [0.717, 1.165) is 13.0 Å². The molecule has 70 valence electrons. The summed E-state index contributed by atoms with van der Waals surface area (Å²) in [7, 11) is 1.63. The van der Waals surface area contributed by atoms with Gasteiger partial charge in [0.05, 0.1) is 6.61 Å². The molecule has 0 aromatic rings. The van der Waals surface area contributed by atoms with Crippen LogP contribution in [0.4, 0.5) is 0 Å². The van der Waals surface area contributed by atoms with Gasteiger partial charge in [0.2, 0.25) is 0 Å². The van der Waals surface area contributed by atoms with E-state index in [1.165, 1.54) is 0 Å². The van der Waals surface area contributed by atoms with Crippen molar-refractivity contribution in [1.82, 2.24) is 0 Å². The maximum Gasteiger partial charge on any atom is 0.379 e. The summed E-state index contributed by atoms with van der Waals surface area (Å²) < 4.78 is 10.2. The molecule has 0 rings (SSSR count). The monoisotopic (exact) mass is 172 g/mol. The van der Waals surface area contributed by atoms with E-state index < -0.39 is 5.72 Å². The second-order valence-electron chi connectivity index (χ2n) is 2.87. The summed E-state index contributed by atoms with van der Waals surface area (Å²) >= 11 is 0. The van der Waals surface area contributed by atoms with Crippen LogP contribution in [0, 0.1) is 6.07 Å². The molecule has 0 radical (unpaired) electrons. The van der Waals surface area contributed by atoms with Gasteiger partial charge in [0, 0.05) is 27.6 Å². The molecule has 0 fully saturated rings. The first kappa shape index (κ1) is 11.4. The Morgan fingerprint density at radius 1 is 1.42 bits per heavy atom. The van der Waals surface area contributed by atoms with E-state index in [-0.39, 0.29) is 0 Å². The first-order chi connectivity index (χ1) is 5.62. The highest BCUT2D eigenvalue weighted by Gasteiger charge is 2.25. The normalized spacial score (nSPS) is 10.7. The molecular formula is C9H18NO2+. The number of rotatable bonds is 4. The first-order valence-corrected chi connectivity index (χ1v) is 4.20. The quantitative estimate of drug-likeness (QED) is 0.606. The molecule has 12 heavy (non-hydrogen) atoms. The van der Waals surface area contributed by atoms with Crippen molar-refractivity contribution in [2.75, 3.05) is 20.3 Å². The molecule has 3 heteroatoms. The van der Waals surface area contributed by atoms with Gasteiger partial charge in [0.15, 0.2) is 0 Å². The summed E-state index contributed by atoms with van der Waals surface area (Å²) in [5.74, 6) is 0. The van der Waals surface area contributed by atoms with Gasteiger partial charge in [-0.15, -0.1) is 0 Å². The summed E-state index contributed by atoms with van der Waals surface area (Å²) in [5, 5.41) is 0. The van der Waals surface area contributed by atoms with Crippen LogP contribution in [0.2, 0.25) is 0 Å². The van der Waals surface area contributed by atoms with E-state index >= 15 is 0 Å². The zero-order valence-electron chi connectivity index (χ0n) is 8.39. The van der Waals surface area contributed by atoms with Crippen LogP contribution in [-0.4, -0.2) is 26.0 Å². The van der Waals surface area contributed by atoms with Crippen molar-refractivity contribution in [2.45, 2.75) is 32.9 Å². The fourth-order valence-electron chi connectivity index (χ4n) is 0.554. The van der Waals surface area contributed by atoms with Crippen LogP contribution in [-0.2, 0) is 9.47 Å². The molecule has 0 amide bonds. The van der Waals surface area contributed by atoms with Crippen molar-refractivity contribution >= 4 is 0 Å². The van der Waals surface area contributed by atoms with Gasteiger partial charge in [0.25, 0.3) is 6.07 Å². The number of hydrogen-bond donors (Lipinski definition) is 0. The van der Waals surface area contributed by atoms with E-state index in [1.54, 1.807) is 7.11 Å². The van der Waals surface area contributed by atoms with Crippen LogP contribution in [0.1, 0.15) is 27.2 Å². The van der Waals surface area contributed by atoms with Crippen molar-refractivity contribution < 1.29 is 9.47 Å². The molecular weight excluding hydrogens is 154 g/mol. The summed E-state index contributed by atoms with van der Waals surface area (Å²) in [6.07, 6.45) is 0.723. The third-order valence-corrected chi connectivity index (χ3v) is 1.41. The first-order valence-electron chi connectivity index (χ1n) is 4.20. The van der Waals surface area contributed by atoms with E-state index in [9.17, 15) is 0 Å². The minimum absolute atomic E-state index is 0.452. The number of methoxy groups -OCH3 is 1. The Hall–Kier alpha value is -0.590. The average Bonchev–Trinajstić information content (AvgIpc) is 2.04. The van der Waals surface area contributed by atoms with Crippen LogP contribution in [0.25, 0.3) is 4.85 Å². The third kappa shape index (κ3) is 6.14. The van der Waals surface area contributed by atoms with E-state index in [4.69, 9.17) is 9.47 Å². The van der Waals surface area contributed by atoms with Crippen molar-refractivity contribution in [3.8, 4) is 6.07 Å². The van der Waals surface area contributed by atoms with Gasteiger partial charge < -0.3 is 9.47 Å². The molecule has 0 aromatic carbocycles. The van der Waals surface area contributed by atoms with Crippen molar-refractivity contribution in [3.63, 3.8) is 0 Å². The highest BCUT2D eigenvalue weighted by Crippen LogP contribution is 2.08. The van der Waals surface area contributed by atoms with Gasteiger partial charge in [-0.25, -0.2) is 0 Å². The van der Waals surface area contributed by atoms with Crippen molar-refractivity contribution in [1.29, 1.82) is 0 Å². The largest absolute Gasteiger partial charge is 0.381 e. The number of nitrogens with zero attached hydrogens (tertiary/aromatic N) is 1. The van der Waals surface area contributed by atoms with E-state index in [2.05, 4.69) is 10.9 Å². The standard InChI is InChI=1S/C9H18NO2/c1-5-12-8-6-7-10-9(2,3)11-4/h5-6,8H2,1-4H3/q+1. The topological polar surface area (TPSA) is 22.8 Å². The van der Waals surface area contributed by atoms with Crippen LogP contribution >= 0.6 is 0 Å². The Kier molecular flexibility index (Phi) is 5.69. The maximum absolute atomic E-state index is 5.12. The molecule has 0 unspecified atom stereocenters. The molecule has 0 atom stereocenters. The predicted molar refractivity (Wildman–Crippen MR) is 49.4 cm³/mol. The van der Waals surface area contributed by atoms with Crippen LogP contribution < -0.4 is 0 Å². The van der Waals surface area contributed by atoms with Gasteiger partial charge in [-0.3, -0.25) is 0 Å². The zero-order valence-corrected chi connectivity index (χ0v) is 8.39. The summed E-state index contributed by atoms with van der Waals surface area (Å²) in [4.78, 5) is 4.09. The summed E-state index contributed by atoms with van der Waals surface area (Å²) in [6, 6.07) is 2.89. The molecule has 0 saturated carbocycles. The average molecular weight is 172 g/mol. The Morgan fingerprint density at radius 3 is 2.58 bits per heavy atom. The van der Waals surface area contributed by atoms with Gasteiger partial charge in [-0.05, 0) is 11.8 Å². The Labute approximate surface area is 74.5 Å². The van der Waals surface area contributed by atoms with Gasteiger partial charge in [-0.1, -0.05) is 0 Å². The lowest BCUT2D eigenvalue weighted by atomic mass is 10.3. The molecule has 0 bridgehead atoms. The van der Waals surface area contributed by atoms with E-state index in [0.29, 0.717) is 6.61 Å². The number of ether oxygens (including phenoxy) is 2. The van der Waals surface area contributed by atoms with Crippen molar-refractivity contribution in [2.24, 2.45) is 0 Å². The molecule has 0 aliphatic heterocycles. The second-order valence-corrected chi connectivity index (χ2v) is 2.87. The predicted octanol–water partition coefficient (Wildman–Crippen LogP) is 2.13. The molecule has 3 nitrogen and oxygen atoms in total. The van der Waals surface area contributed by atoms with Crippen molar-refractivity contribution in [3.05, 3.63) is 4.85 Å². The SMILES string of the molecule is CCOCCC#[N+]C(C)(C)OC. The molecule has 0 spiro atoms. The highest BCUT2D eigenvalue weighted by atomic mass is 16.5. The lowest BCUT2D eigenvalue weighted by molar-refractivity contribution is 0.0633. The van der Waals surface area contributed by atoms with Crippen LogP contribution in [0.15, 0.2) is 0 Å². The fraction of sp³-hybridized carbons (Fsp3) is 0.889. The minimum Gasteiger partial charge on any atom is -0.381 e. The molecule has 0 aromatic heterocycles. The molecule has 0 saturated heterocycles. The summed E-state index contributed by atoms with van der Waals surface area (Å²) in [6.45, 7) is 7.17. The molecule has 0 aliphatic rings. The highest BCUT2D eigenvalue weighted by molar-refractivity contribution is 4.94. The second kappa shape index (κ2) is 5.99. The Balaban J connectivity index is 3.58. The van der Waals surface area contributed by atoms with Gasteiger partial charge in [-0.2, -0.15) is 0 Å². The maximum atomic E-state index is 5.12. The third-order valence-electron chi connectivity index (χ3n) is 1.41. The van der Waals surface area contributed by atoms with Gasteiger partial charge >= 0.3 is 5.72 Å². The van der Waals surface area contributed by atoms with E-state index in [1.807, 2.05) is 20.8 Å². The molecule has 0 N–H and O–H groups in total. The lowest BCUT2D eigenvalue weighted by Crippen LogP contribution is -2.16. The Bertz CT molecular complexity index is 167. The lowest BCUT2D eigenvalue weighted by Gasteiger charge is -2.00. The molecule has 0 aliphatic carbocycles. The number of hydrogen-bond acceptors (Lipinski definition) is 2. The van der Waals surface area contributed by atoms with Crippen LogP contribution in [0.5, 0.6) is 0 Å². The Morgan fingerprint density at radius 2 is 2.08 bits per heavy atom. The molecule has 0 heterocycles. The smallest absolute Gasteiger partial charge is 0.379 e. The zero-order chi connectivity index (χ0) is 9.45.